The van der Waals surface area contributed by atoms with E-state index in [0.717, 1.165) is 10.9 Å². The van der Waals surface area contributed by atoms with E-state index < -0.39 is 9.84 Å². The third-order valence-corrected chi connectivity index (χ3v) is 8.45. The highest BCUT2D eigenvalue weighted by Gasteiger charge is 2.26. The van der Waals surface area contributed by atoms with E-state index in [0.29, 0.717) is 55.1 Å². The number of piperazine rings is 1. The lowest BCUT2D eigenvalue weighted by molar-refractivity contribution is 0.0625. The summed E-state index contributed by atoms with van der Waals surface area (Å²) in [5.74, 6) is -0.332. The third-order valence-electron chi connectivity index (χ3n) is 6.74. The molecule has 3 aromatic carbocycles. The molecule has 1 aromatic heterocycles. The van der Waals surface area contributed by atoms with Crippen LogP contribution in [0, 0.1) is 5.82 Å². The molecule has 196 valence electrons. The zero-order chi connectivity index (χ0) is 26.7. The van der Waals surface area contributed by atoms with Gasteiger partial charge in [-0.25, -0.2) is 12.8 Å². The van der Waals surface area contributed by atoms with Crippen LogP contribution in [0.15, 0.2) is 83.9 Å². The largest absolute Gasteiger partial charge is 0.496 e. The van der Waals surface area contributed by atoms with Gasteiger partial charge < -0.3 is 9.64 Å². The molecular formula is C29H28FN3O4S. The molecule has 0 N–H and O–H groups in total. The van der Waals surface area contributed by atoms with Crippen molar-refractivity contribution in [3.63, 3.8) is 0 Å². The van der Waals surface area contributed by atoms with Gasteiger partial charge in [0.1, 0.15) is 11.6 Å². The van der Waals surface area contributed by atoms with Crippen molar-refractivity contribution in [3.05, 3.63) is 102 Å². The molecule has 2 heterocycles. The number of nitrogens with zero attached hydrogens (tertiary/aromatic N) is 3. The van der Waals surface area contributed by atoms with Crippen molar-refractivity contribution >= 4 is 26.6 Å². The number of carbonyl (C=O) groups is 1. The summed E-state index contributed by atoms with van der Waals surface area (Å²) in [4.78, 5) is 21.7. The fraction of sp³-hybridized carbons (Fsp3) is 0.241. The minimum atomic E-state index is -3.70. The van der Waals surface area contributed by atoms with Crippen molar-refractivity contribution < 1.29 is 22.3 Å². The van der Waals surface area contributed by atoms with Crippen molar-refractivity contribution in [2.24, 2.45) is 0 Å². The summed E-state index contributed by atoms with van der Waals surface area (Å²) in [7, 11) is -2.23. The Hall–Kier alpha value is -3.82. The molecule has 1 aliphatic rings. The van der Waals surface area contributed by atoms with Gasteiger partial charge in [-0.15, -0.1) is 0 Å². The van der Waals surface area contributed by atoms with Gasteiger partial charge in [-0.3, -0.25) is 14.7 Å². The van der Waals surface area contributed by atoms with Crippen LogP contribution < -0.4 is 4.74 Å². The molecule has 0 unspecified atom stereocenters. The predicted octanol–water partition coefficient (Wildman–Crippen LogP) is 4.31. The first-order chi connectivity index (χ1) is 18.3. The normalized spacial score (nSPS) is 14.5. The minimum absolute atomic E-state index is 0.167. The molecule has 0 radical (unpaired) electrons. The second-order valence-electron chi connectivity index (χ2n) is 9.32. The van der Waals surface area contributed by atoms with Crippen LogP contribution in [0.25, 0.3) is 10.9 Å². The van der Waals surface area contributed by atoms with Gasteiger partial charge in [0.15, 0.2) is 9.84 Å². The summed E-state index contributed by atoms with van der Waals surface area (Å²) < 4.78 is 45.6. The quantitative estimate of drug-likeness (QED) is 0.352. The Balaban J connectivity index is 1.28. The molecule has 5 rings (SSSR count). The van der Waals surface area contributed by atoms with E-state index in [4.69, 9.17) is 4.74 Å². The Bertz CT molecular complexity index is 1580. The lowest BCUT2D eigenvalue weighted by Gasteiger charge is -2.35. The van der Waals surface area contributed by atoms with Crippen LogP contribution in [-0.2, 0) is 22.1 Å². The van der Waals surface area contributed by atoms with Gasteiger partial charge >= 0.3 is 0 Å². The Morgan fingerprint density at radius 2 is 1.71 bits per heavy atom. The van der Waals surface area contributed by atoms with Crippen molar-refractivity contribution in [2.75, 3.05) is 33.3 Å². The maximum Gasteiger partial charge on any atom is 0.257 e. The van der Waals surface area contributed by atoms with Crippen LogP contribution in [0.1, 0.15) is 21.5 Å². The minimum Gasteiger partial charge on any atom is -0.496 e. The molecule has 4 aromatic rings. The third kappa shape index (κ3) is 5.54. The maximum absolute atomic E-state index is 13.5. The number of fused-ring (bicyclic) bond motifs is 1. The predicted molar refractivity (Wildman–Crippen MR) is 143 cm³/mol. The molecule has 1 fully saturated rings. The number of methoxy groups -OCH3 is 1. The van der Waals surface area contributed by atoms with Gasteiger partial charge in [-0.1, -0.05) is 36.4 Å². The fourth-order valence-corrected chi connectivity index (χ4v) is 6.32. The molecule has 1 aliphatic heterocycles. The number of ether oxygens (including phenoxy) is 1. The van der Waals surface area contributed by atoms with E-state index in [1.165, 1.54) is 19.2 Å². The Labute approximate surface area is 221 Å². The Morgan fingerprint density at radius 1 is 0.947 bits per heavy atom. The number of carbonyl (C=O) groups excluding carboxylic acids is 1. The van der Waals surface area contributed by atoms with Crippen LogP contribution in [0.2, 0.25) is 0 Å². The average Bonchev–Trinajstić information content (AvgIpc) is 2.92. The molecule has 38 heavy (non-hydrogen) atoms. The van der Waals surface area contributed by atoms with Gasteiger partial charge in [0.05, 0.1) is 28.8 Å². The zero-order valence-electron chi connectivity index (χ0n) is 21.0. The van der Waals surface area contributed by atoms with E-state index in [9.17, 15) is 17.6 Å². The SMILES string of the molecule is COc1cc(CS(=O)(=O)c2cccc3cccnc23)ccc1C(=O)N1CCN(Cc2cccc(F)c2)CC1. The summed E-state index contributed by atoms with van der Waals surface area (Å²) in [5, 5.41) is 0.753. The van der Waals surface area contributed by atoms with Crippen LogP contribution >= 0.6 is 0 Å². The fourth-order valence-electron chi connectivity index (χ4n) is 4.80. The van der Waals surface area contributed by atoms with Crippen molar-refractivity contribution in [1.29, 1.82) is 0 Å². The number of benzene rings is 3. The van der Waals surface area contributed by atoms with E-state index in [1.54, 1.807) is 53.6 Å². The summed E-state index contributed by atoms with van der Waals surface area (Å²) in [6.07, 6.45) is 1.58. The number of para-hydroxylation sites is 1. The van der Waals surface area contributed by atoms with Crippen molar-refractivity contribution in [2.45, 2.75) is 17.2 Å². The van der Waals surface area contributed by atoms with Crippen molar-refractivity contribution in [3.8, 4) is 5.75 Å². The van der Waals surface area contributed by atoms with E-state index in [1.807, 2.05) is 18.2 Å². The second-order valence-corrected chi connectivity index (χ2v) is 11.3. The monoisotopic (exact) mass is 533 g/mol. The standard InChI is InChI=1S/C29H28FN3O4S/c1-37-26-18-22(20-38(35,36)27-9-3-6-23-7-4-12-31-28(23)27)10-11-25(26)29(34)33-15-13-32(14-16-33)19-21-5-2-8-24(30)17-21/h2-12,17-18H,13-16,19-20H2,1H3. The summed E-state index contributed by atoms with van der Waals surface area (Å²) in [6, 6.07) is 20.1. The molecule has 0 aliphatic carbocycles. The first-order valence-electron chi connectivity index (χ1n) is 12.3. The molecule has 9 heteroatoms. The van der Waals surface area contributed by atoms with Gasteiger partial charge in [-0.2, -0.15) is 0 Å². The highest BCUT2D eigenvalue weighted by Crippen LogP contribution is 2.28. The lowest BCUT2D eigenvalue weighted by Crippen LogP contribution is -2.48. The topological polar surface area (TPSA) is 79.8 Å². The van der Waals surface area contributed by atoms with Gasteiger partial charge in [0.2, 0.25) is 0 Å². The van der Waals surface area contributed by atoms with E-state index in [-0.39, 0.29) is 22.4 Å². The molecule has 0 saturated carbocycles. The van der Waals surface area contributed by atoms with Gasteiger partial charge in [0.25, 0.3) is 5.91 Å². The highest BCUT2D eigenvalue weighted by molar-refractivity contribution is 7.90. The number of hydrogen-bond donors (Lipinski definition) is 0. The average molecular weight is 534 g/mol. The van der Waals surface area contributed by atoms with E-state index in [2.05, 4.69) is 9.88 Å². The molecular weight excluding hydrogens is 505 g/mol. The first kappa shape index (κ1) is 25.8. The molecule has 0 atom stereocenters. The summed E-state index contributed by atoms with van der Waals surface area (Å²) in [6.45, 7) is 3.02. The molecule has 1 amide bonds. The number of aromatic nitrogens is 1. The van der Waals surface area contributed by atoms with Crippen LogP contribution in [0.3, 0.4) is 0 Å². The van der Waals surface area contributed by atoms with Crippen molar-refractivity contribution in [1.82, 2.24) is 14.8 Å². The van der Waals surface area contributed by atoms with E-state index >= 15 is 0 Å². The number of rotatable bonds is 7. The zero-order valence-corrected chi connectivity index (χ0v) is 21.8. The van der Waals surface area contributed by atoms with Crippen LogP contribution in [-0.4, -0.2) is 62.4 Å². The number of halogens is 1. The Morgan fingerprint density at radius 3 is 2.47 bits per heavy atom. The van der Waals surface area contributed by atoms with Crippen LogP contribution in [0.5, 0.6) is 5.75 Å². The second kappa shape index (κ2) is 10.9. The number of pyridine rings is 1. The highest BCUT2D eigenvalue weighted by atomic mass is 32.2. The number of hydrogen-bond acceptors (Lipinski definition) is 6. The maximum atomic E-state index is 13.5. The Kier molecular flexibility index (Phi) is 7.40. The number of sulfone groups is 1. The lowest BCUT2D eigenvalue weighted by atomic mass is 10.1. The molecule has 0 spiro atoms. The van der Waals surface area contributed by atoms with Gasteiger partial charge in [-0.05, 0) is 47.5 Å². The molecule has 1 saturated heterocycles. The smallest absolute Gasteiger partial charge is 0.257 e. The molecule has 0 bridgehead atoms. The first-order valence-corrected chi connectivity index (χ1v) is 14.0. The van der Waals surface area contributed by atoms with Crippen LogP contribution in [0.4, 0.5) is 4.39 Å². The summed E-state index contributed by atoms with van der Waals surface area (Å²) >= 11 is 0. The van der Waals surface area contributed by atoms with Gasteiger partial charge in [0, 0.05) is 44.3 Å². The molecule has 7 nitrogen and oxygen atoms in total. The number of amides is 1. The summed E-state index contributed by atoms with van der Waals surface area (Å²) in [5.41, 5.74) is 2.24.